The van der Waals surface area contributed by atoms with Gasteiger partial charge < -0.3 is 10.5 Å². The van der Waals surface area contributed by atoms with Crippen molar-refractivity contribution in [2.24, 2.45) is 11.1 Å². The van der Waals surface area contributed by atoms with Crippen LogP contribution < -0.4 is 10.5 Å². The third kappa shape index (κ3) is 4.78. The van der Waals surface area contributed by atoms with Gasteiger partial charge in [0.25, 0.3) is 0 Å². The Kier molecular flexibility index (Phi) is 4.58. The number of benzene rings is 1. The van der Waals surface area contributed by atoms with Gasteiger partial charge in [0, 0.05) is 6.04 Å². The van der Waals surface area contributed by atoms with Crippen molar-refractivity contribution in [3.8, 4) is 5.75 Å². The highest BCUT2D eigenvalue weighted by atomic mass is 16.5. The summed E-state index contributed by atoms with van der Waals surface area (Å²) in [4.78, 5) is 0. The molecule has 0 saturated heterocycles. The lowest BCUT2D eigenvalue weighted by Gasteiger charge is -2.19. The molecular weight excluding hydrogens is 210 g/mol. The molecule has 0 bridgehead atoms. The number of aryl methyl sites for hydroxylation is 1. The molecule has 96 valence electrons. The maximum atomic E-state index is 5.85. The lowest BCUT2D eigenvalue weighted by Crippen LogP contribution is -2.11. The van der Waals surface area contributed by atoms with Gasteiger partial charge in [-0.25, -0.2) is 0 Å². The first-order chi connectivity index (χ1) is 7.79. The summed E-state index contributed by atoms with van der Waals surface area (Å²) >= 11 is 0. The fourth-order valence-corrected chi connectivity index (χ4v) is 1.58. The van der Waals surface area contributed by atoms with E-state index in [0.29, 0.717) is 5.41 Å². The molecule has 0 saturated carbocycles. The minimum Gasteiger partial charge on any atom is -0.493 e. The van der Waals surface area contributed by atoms with Gasteiger partial charge in [-0.1, -0.05) is 32.9 Å². The van der Waals surface area contributed by atoms with Crippen LogP contribution in [0.1, 0.15) is 51.3 Å². The van der Waals surface area contributed by atoms with Crippen LogP contribution >= 0.6 is 0 Å². The first-order valence-corrected chi connectivity index (χ1v) is 6.28. The van der Waals surface area contributed by atoms with Crippen LogP contribution in [0.3, 0.4) is 0 Å². The first-order valence-electron chi connectivity index (χ1n) is 6.28. The molecule has 0 spiro atoms. The molecule has 0 fully saturated rings. The van der Waals surface area contributed by atoms with E-state index in [1.165, 1.54) is 0 Å². The fraction of sp³-hybridized carbons (Fsp3) is 0.600. The van der Waals surface area contributed by atoms with Crippen molar-refractivity contribution >= 4 is 0 Å². The highest BCUT2D eigenvalue weighted by Gasteiger charge is 2.10. The third-order valence-corrected chi connectivity index (χ3v) is 2.83. The summed E-state index contributed by atoms with van der Waals surface area (Å²) in [7, 11) is 0. The molecule has 2 heteroatoms. The van der Waals surface area contributed by atoms with Gasteiger partial charge >= 0.3 is 0 Å². The maximum absolute atomic E-state index is 5.85. The van der Waals surface area contributed by atoms with Gasteiger partial charge in [0.05, 0.1) is 6.61 Å². The summed E-state index contributed by atoms with van der Waals surface area (Å²) < 4.78 is 5.81. The van der Waals surface area contributed by atoms with Crippen LogP contribution in [0.25, 0.3) is 0 Å². The van der Waals surface area contributed by atoms with Crippen molar-refractivity contribution in [2.75, 3.05) is 6.61 Å². The van der Waals surface area contributed by atoms with Crippen LogP contribution in [0.4, 0.5) is 0 Å². The average molecular weight is 235 g/mol. The lowest BCUT2D eigenvalue weighted by molar-refractivity contribution is 0.242. The normalized spacial score (nSPS) is 13.5. The van der Waals surface area contributed by atoms with Gasteiger partial charge in [-0.15, -0.1) is 0 Å². The van der Waals surface area contributed by atoms with Crippen LogP contribution in [0.15, 0.2) is 18.2 Å². The van der Waals surface area contributed by atoms with E-state index >= 15 is 0 Å². The van der Waals surface area contributed by atoms with Crippen LogP contribution in [-0.4, -0.2) is 6.61 Å². The van der Waals surface area contributed by atoms with E-state index in [1.807, 2.05) is 19.1 Å². The van der Waals surface area contributed by atoms with E-state index < -0.39 is 0 Å². The molecule has 2 N–H and O–H groups in total. The fourth-order valence-electron chi connectivity index (χ4n) is 1.58. The number of hydrogen-bond acceptors (Lipinski definition) is 2. The molecule has 0 aliphatic rings. The molecule has 0 radical (unpaired) electrons. The predicted molar refractivity (Wildman–Crippen MR) is 73.3 cm³/mol. The summed E-state index contributed by atoms with van der Waals surface area (Å²) in [6.45, 7) is 11.5. The van der Waals surface area contributed by atoms with E-state index in [0.717, 1.165) is 29.9 Å². The second-order valence-corrected chi connectivity index (χ2v) is 5.97. The Morgan fingerprint density at radius 1 is 1.29 bits per heavy atom. The Labute approximate surface area is 105 Å². The van der Waals surface area contributed by atoms with E-state index in [9.17, 15) is 0 Å². The first kappa shape index (κ1) is 14.0. The standard InChI is InChI=1S/C15H25NO/c1-11-10-13(12(2)16)6-7-14(11)17-9-8-15(3,4)5/h6-7,10,12H,8-9,16H2,1-5H3/t12-/m0/s1. The summed E-state index contributed by atoms with van der Waals surface area (Å²) in [5.41, 5.74) is 8.49. The lowest BCUT2D eigenvalue weighted by atomic mass is 9.93. The third-order valence-electron chi connectivity index (χ3n) is 2.83. The van der Waals surface area contributed by atoms with E-state index in [2.05, 4.69) is 33.8 Å². The molecule has 0 aliphatic heterocycles. The summed E-state index contributed by atoms with van der Waals surface area (Å²) in [6, 6.07) is 6.26. The molecule has 0 unspecified atom stereocenters. The Morgan fingerprint density at radius 3 is 2.41 bits per heavy atom. The van der Waals surface area contributed by atoms with E-state index in [4.69, 9.17) is 10.5 Å². The second-order valence-electron chi connectivity index (χ2n) is 5.97. The van der Waals surface area contributed by atoms with Crippen molar-refractivity contribution < 1.29 is 4.74 Å². The number of nitrogens with two attached hydrogens (primary N) is 1. The highest BCUT2D eigenvalue weighted by molar-refractivity contribution is 5.37. The SMILES string of the molecule is Cc1cc([C@H](C)N)ccc1OCCC(C)(C)C. The van der Waals surface area contributed by atoms with Crippen molar-refractivity contribution in [3.63, 3.8) is 0 Å². The van der Waals surface area contributed by atoms with Gasteiger partial charge in [0.1, 0.15) is 5.75 Å². The number of hydrogen-bond donors (Lipinski definition) is 1. The largest absolute Gasteiger partial charge is 0.493 e. The maximum Gasteiger partial charge on any atom is 0.122 e. The zero-order valence-corrected chi connectivity index (χ0v) is 11.7. The average Bonchev–Trinajstić information content (AvgIpc) is 2.18. The minimum absolute atomic E-state index is 0.0809. The van der Waals surface area contributed by atoms with Crippen molar-refractivity contribution in [1.82, 2.24) is 0 Å². The van der Waals surface area contributed by atoms with Gasteiger partial charge in [0.15, 0.2) is 0 Å². The molecule has 17 heavy (non-hydrogen) atoms. The molecule has 0 amide bonds. The van der Waals surface area contributed by atoms with E-state index in [-0.39, 0.29) is 6.04 Å². The molecular formula is C15H25NO. The molecule has 2 nitrogen and oxygen atoms in total. The van der Waals surface area contributed by atoms with Crippen LogP contribution in [-0.2, 0) is 0 Å². The predicted octanol–water partition coefficient (Wildman–Crippen LogP) is 3.83. The van der Waals surface area contributed by atoms with Crippen LogP contribution in [0, 0.1) is 12.3 Å². The molecule has 1 rings (SSSR count). The van der Waals surface area contributed by atoms with E-state index in [1.54, 1.807) is 0 Å². The molecule has 0 aliphatic carbocycles. The molecule has 0 heterocycles. The Morgan fingerprint density at radius 2 is 1.94 bits per heavy atom. The summed E-state index contributed by atoms with van der Waals surface area (Å²) in [5, 5.41) is 0. The smallest absolute Gasteiger partial charge is 0.122 e. The molecule has 0 aromatic heterocycles. The zero-order valence-electron chi connectivity index (χ0n) is 11.7. The Balaban J connectivity index is 2.61. The van der Waals surface area contributed by atoms with Gasteiger partial charge in [-0.3, -0.25) is 0 Å². The van der Waals surface area contributed by atoms with Crippen molar-refractivity contribution in [3.05, 3.63) is 29.3 Å². The van der Waals surface area contributed by atoms with Crippen molar-refractivity contribution in [2.45, 2.75) is 47.1 Å². The number of rotatable bonds is 4. The second kappa shape index (κ2) is 5.54. The highest BCUT2D eigenvalue weighted by Crippen LogP contribution is 2.24. The van der Waals surface area contributed by atoms with Gasteiger partial charge in [0.2, 0.25) is 0 Å². The monoisotopic (exact) mass is 235 g/mol. The Hall–Kier alpha value is -1.02. The van der Waals surface area contributed by atoms with Gasteiger partial charge in [-0.2, -0.15) is 0 Å². The van der Waals surface area contributed by atoms with Crippen molar-refractivity contribution in [1.29, 1.82) is 0 Å². The van der Waals surface area contributed by atoms with Crippen LogP contribution in [0.2, 0.25) is 0 Å². The minimum atomic E-state index is 0.0809. The van der Waals surface area contributed by atoms with Crippen LogP contribution in [0.5, 0.6) is 5.75 Å². The molecule has 1 aromatic carbocycles. The zero-order chi connectivity index (χ0) is 13.1. The number of ether oxygens (including phenoxy) is 1. The quantitative estimate of drug-likeness (QED) is 0.860. The molecule has 1 aromatic rings. The summed E-state index contributed by atoms with van der Waals surface area (Å²) in [6.07, 6.45) is 1.06. The van der Waals surface area contributed by atoms with Gasteiger partial charge in [-0.05, 0) is 42.9 Å². The topological polar surface area (TPSA) is 35.2 Å². The molecule has 1 atom stereocenters. The summed E-state index contributed by atoms with van der Waals surface area (Å²) in [5.74, 6) is 0.971. The Bertz CT molecular complexity index is 364.